The number of halogens is 1. The van der Waals surface area contributed by atoms with Gasteiger partial charge in [0.15, 0.2) is 0 Å². The van der Waals surface area contributed by atoms with E-state index in [1.807, 2.05) is 19.4 Å². The number of nitrogens with zero attached hydrogens (tertiary/aromatic N) is 4. The Morgan fingerprint density at radius 2 is 2.33 bits per heavy atom. The SMILES string of the molecule is Cn1cc(CNc2ncncc2Br)cn1. The number of aryl methyl sites for hydroxylation is 1. The average Bonchev–Trinajstić information content (AvgIpc) is 2.63. The molecular weight excluding hydrogens is 258 g/mol. The second kappa shape index (κ2) is 4.39. The Morgan fingerprint density at radius 3 is 3.00 bits per heavy atom. The molecule has 0 amide bonds. The Bertz CT molecular complexity index is 453. The van der Waals surface area contributed by atoms with E-state index in [1.54, 1.807) is 10.9 Å². The second-order valence-electron chi connectivity index (χ2n) is 3.10. The first-order chi connectivity index (χ1) is 7.25. The molecule has 0 saturated heterocycles. The molecule has 0 saturated carbocycles. The Kier molecular flexibility index (Phi) is 2.96. The van der Waals surface area contributed by atoms with Crippen molar-refractivity contribution >= 4 is 21.7 Å². The zero-order valence-corrected chi connectivity index (χ0v) is 9.77. The van der Waals surface area contributed by atoms with Gasteiger partial charge in [-0.25, -0.2) is 9.97 Å². The van der Waals surface area contributed by atoms with E-state index in [2.05, 4.69) is 36.3 Å². The molecule has 78 valence electrons. The molecule has 2 heterocycles. The topological polar surface area (TPSA) is 55.6 Å². The van der Waals surface area contributed by atoms with Crippen LogP contribution in [-0.2, 0) is 13.6 Å². The van der Waals surface area contributed by atoms with E-state index in [9.17, 15) is 0 Å². The molecule has 5 nitrogen and oxygen atoms in total. The molecule has 0 aliphatic heterocycles. The lowest BCUT2D eigenvalue weighted by Gasteiger charge is -2.04. The van der Waals surface area contributed by atoms with Crippen LogP contribution in [0.1, 0.15) is 5.56 Å². The first-order valence-electron chi connectivity index (χ1n) is 4.42. The number of anilines is 1. The third-order valence-electron chi connectivity index (χ3n) is 1.89. The molecule has 0 aliphatic rings. The maximum atomic E-state index is 4.10. The minimum atomic E-state index is 0.698. The molecule has 0 unspecified atom stereocenters. The number of aromatic nitrogens is 4. The van der Waals surface area contributed by atoms with Gasteiger partial charge in [0, 0.05) is 31.5 Å². The smallest absolute Gasteiger partial charge is 0.144 e. The Hall–Kier alpha value is -1.43. The number of nitrogens with one attached hydrogen (secondary N) is 1. The first-order valence-corrected chi connectivity index (χ1v) is 5.22. The van der Waals surface area contributed by atoms with Crippen molar-refractivity contribution in [2.75, 3.05) is 5.32 Å². The van der Waals surface area contributed by atoms with Crippen LogP contribution >= 0.6 is 15.9 Å². The van der Waals surface area contributed by atoms with Crippen molar-refractivity contribution in [2.45, 2.75) is 6.54 Å². The van der Waals surface area contributed by atoms with E-state index in [1.165, 1.54) is 6.33 Å². The molecule has 2 aromatic heterocycles. The van der Waals surface area contributed by atoms with Gasteiger partial charge < -0.3 is 5.32 Å². The molecule has 15 heavy (non-hydrogen) atoms. The maximum Gasteiger partial charge on any atom is 0.144 e. The summed E-state index contributed by atoms with van der Waals surface area (Å²) in [5.41, 5.74) is 1.11. The van der Waals surface area contributed by atoms with E-state index < -0.39 is 0 Å². The molecule has 0 atom stereocenters. The zero-order chi connectivity index (χ0) is 10.7. The van der Waals surface area contributed by atoms with Crippen molar-refractivity contribution in [3.63, 3.8) is 0 Å². The molecule has 1 N–H and O–H groups in total. The highest BCUT2D eigenvalue weighted by atomic mass is 79.9. The third kappa shape index (κ3) is 2.53. The van der Waals surface area contributed by atoms with Crippen molar-refractivity contribution in [3.05, 3.63) is 35.0 Å². The molecule has 2 rings (SSSR count). The molecule has 0 spiro atoms. The maximum absolute atomic E-state index is 4.10. The monoisotopic (exact) mass is 267 g/mol. The van der Waals surface area contributed by atoms with Crippen LogP contribution in [0.15, 0.2) is 29.4 Å². The van der Waals surface area contributed by atoms with E-state index >= 15 is 0 Å². The summed E-state index contributed by atoms with van der Waals surface area (Å²) in [6, 6.07) is 0. The summed E-state index contributed by atoms with van der Waals surface area (Å²) in [6.07, 6.45) is 7.00. The standard InChI is InChI=1S/C9H10BrN5/c1-15-5-7(3-14-15)2-12-9-8(10)4-11-6-13-9/h3-6H,2H2,1H3,(H,11,12,13). The third-order valence-corrected chi connectivity index (χ3v) is 2.47. The van der Waals surface area contributed by atoms with Gasteiger partial charge in [-0.15, -0.1) is 0 Å². The van der Waals surface area contributed by atoms with Gasteiger partial charge in [0.1, 0.15) is 12.1 Å². The van der Waals surface area contributed by atoms with Crippen molar-refractivity contribution < 1.29 is 0 Å². The van der Waals surface area contributed by atoms with E-state index in [4.69, 9.17) is 0 Å². The largest absolute Gasteiger partial charge is 0.365 e. The van der Waals surface area contributed by atoms with Crippen molar-refractivity contribution in [2.24, 2.45) is 7.05 Å². The molecule has 0 aromatic carbocycles. The van der Waals surface area contributed by atoms with E-state index in [0.29, 0.717) is 6.54 Å². The molecule has 2 aromatic rings. The van der Waals surface area contributed by atoms with Gasteiger partial charge in [-0.1, -0.05) is 0 Å². The summed E-state index contributed by atoms with van der Waals surface area (Å²) >= 11 is 3.37. The predicted octanol–water partition coefficient (Wildman–Crippen LogP) is 1.58. The molecule has 0 bridgehead atoms. The summed E-state index contributed by atoms with van der Waals surface area (Å²) in [6.45, 7) is 0.698. The summed E-state index contributed by atoms with van der Waals surface area (Å²) in [4.78, 5) is 7.99. The lowest BCUT2D eigenvalue weighted by molar-refractivity contribution is 0.767. The highest BCUT2D eigenvalue weighted by Gasteiger charge is 2.01. The van der Waals surface area contributed by atoms with Crippen molar-refractivity contribution in [3.8, 4) is 0 Å². The van der Waals surface area contributed by atoms with Gasteiger partial charge in [-0.3, -0.25) is 4.68 Å². The Labute approximate surface area is 95.7 Å². The average molecular weight is 268 g/mol. The quantitative estimate of drug-likeness (QED) is 0.918. The first kappa shape index (κ1) is 10.1. The molecule has 0 radical (unpaired) electrons. The number of rotatable bonds is 3. The second-order valence-corrected chi connectivity index (χ2v) is 3.95. The lowest BCUT2D eigenvalue weighted by Crippen LogP contribution is -2.01. The van der Waals surface area contributed by atoms with Crippen LogP contribution < -0.4 is 5.32 Å². The normalized spacial score (nSPS) is 10.3. The summed E-state index contributed by atoms with van der Waals surface area (Å²) in [5, 5.41) is 7.27. The van der Waals surface area contributed by atoms with Gasteiger partial charge in [-0.2, -0.15) is 5.10 Å². The van der Waals surface area contributed by atoms with Gasteiger partial charge in [0.2, 0.25) is 0 Å². The Morgan fingerprint density at radius 1 is 1.47 bits per heavy atom. The van der Waals surface area contributed by atoms with E-state index in [0.717, 1.165) is 15.9 Å². The van der Waals surface area contributed by atoms with Crippen LogP contribution in [0, 0.1) is 0 Å². The number of hydrogen-bond acceptors (Lipinski definition) is 4. The van der Waals surface area contributed by atoms with Gasteiger partial charge >= 0.3 is 0 Å². The van der Waals surface area contributed by atoms with E-state index in [-0.39, 0.29) is 0 Å². The highest BCUT2D eigenvalue weighted by Crippen LogP contribution is 2.17. The van der Waals surface area contributed by atoms with Crippen LogP contribution in [-0.4, -0.2) is 19.7 Å². The van der Waals surface area contributed by atoms with Crippen LogP contribution in [0.25, 0.3) is 0 Å². The minimum absolute atomic E-state index is 0.698. The van der Waals surface area contributed by atoms with Crippen LogP contribution in [0.4, 0.5) is 5.82 Å². The fraction of sp³-hybridized carbons (Fsp3) is 0.222. The fourth-order valence-electron chi connectivity index (χ4n) is 1.19. The zero-order valence-electron chi connectivity index (χ0n) is 8.18. The van der Waals surface area contributed by atoms with Crippen LogP contribution in [0.2, 0.25) is 0 Å². The molecule has 0 aliphatic carbocycles. The minimum Gasteiger partial charge on any atom is -0.365 e. The summed E-state index contributed by atoms with van der Waals surface area (Å²) in [7, 11) is 1.89. The van der Waals surface area contributed by atoms with Crippen LogP contribution in [0.5, 0.6) is 0 Å². The van der Waals surface area contributed by atoms with Crippen LogP contribution in [0.3, 0.4) is 0 Å². The predicted molar refractivity (Wildman–Crippen MR) is 60.3 cm³/mol. The lowest BCUT2D eigenvalue weighted by atomic mass is 10.3. The van der Waals surface area contributed by atoms with Crippen molar-refractivity contribution in [1.82, 2.24) is 19.7 Å². The van der Waals surface area contributed by atoms with Gasteiger partial charge in [0.25, 0.3) is 0 Å². The van der Waals surface area contributed by atoms with Gasteiger partial charge in [0.05, 0.1) is 10.7 Å². The molecular formula is C9H10BrN5. The van der Waals surface area contributed by atoms with Crippen molar-refractivity contribution in [1.29, 1.82) is 0 Å². The summed E-state index contributed by atoms with van der Waals surface area (Å²) in [5.74, 6) is 0.786. The summed E-state index contributed by atoms with van der Waals surface area (Å²) < 4.78 is 2.63. The van der Waals surface area contributed by atoms with Gasteiger partial charge in [-0.05, 0) is 15.9 Å². The Balaban J connectivity index is 2.02. The molecule has 0 fully saturated rings. The highest BCUT2D eigenvalue weighted by molar-refractivity contribution is 9.10. The molecule has 6 heteroatoms. The number of hydrogen-bond donors (Lipinski definition) is 1. The fourth-order valence-corrected chi connectivity index (χ4v) is 1.55.